The Morgan fingerprint density at radius 3 is 2.65 bits per heavy atom. The normalized spacial score (nSPS) is 21.6. The van der Waals surface area contributed by atoms with Crippen LogP contribution in [-0.2, 0) is 22.6 Å². The zero-order valence-corrected chi connectivity index (χ0v) is 20.6. The number of nitrogens with one attached hydrogen (secondary N) is 1. The molecule has 1 saturated carbocycles. The van der Waals surface area contributed by atoms with Crippen LogP contribution in [0.3, 0.4) is 0 Å². The number of likely N-dealkylation sites (N-methyl/N-ethyl adjacent to an activating group) is 1. The summed E-state index contributed by atoms with van der Waals surface area (Å²) in [5.41, 5.74) is 8.25. The number of hydroxylamine groups is 1. The van der Waals surface area contributed by atoms with Crippen molar-refractivity contribution in [3.8, 4) is 5.75 Å². The molecule has 2 heterocycles. The quantitative estimate of drug-likeness (QED) is 0.316. The number of benzene rings is 2. The van der Waals surface area contributed by atoms with Crippen LogP contribution in [0.5, 0.6) is 5.75 Å². The van der Waals surface area contributed by atoms with Gasteiger partial charge in [-0.15, -0.1) is 0 Å². The Bertz CT molecular complexity index is 1340. The van der Waals surface area contributed by atoms with Gasteiger partial charge in [0.05, 0.1) is 16.8 Å². The molecule has 1 aliphatic heterocycles. The van der Waals surface area contributed by atoms with Crippen LogP contribution in [-0.4, -0.2) is 60.1 Å². The molecular weight excluding hydrogens is 477 g/mol. The number of nitrogens with two attached hydrogens (primary N) is 1. The number of nitrogens with zero attached hydrogens (tertiary/aromatic N) is 3. The van der Waals surface area contributed by atoms with Crippen LogP contribution in [0.4, 0.5) is 10.2 Å². The number of carbonyl (C=O) groups is 2. The highest BCUT2D eigenvalue weighted by Gasteiger charge is 2.62. The van der Waals surface area contributed by atoms with Crippen molar-refractivity contribution in [3.63, 3.8) is 0 Å². The fourth-order valence-electron chi connectivity index (χ4n) is 5.12. The van der Waals surface area contributed by atoms with E-state index in [0.717, 1.165) is 48.5 Å². The molecular formula is C27H30FN5O4. The summed E-state index contributed by atoms with van der Waals surface area (Å²) in [6.45, 7) is 3.84. The molecule has 0 bridgehead atoms. The first kappa shape index (κ1) is 24.9. The smallest absolute Gasteiger partial charge is 0.247 e. The van der Waals surface area contributed by atoms with Crippen molar-refractivity contribution in [2.45, 2.75) is 19.4 Å². The van der Waals surface area contributed by atoms with E-state index in [-0.39, 0.29) is 25.2 Å². The molecule has 5 rings (SSSR count). The standard InChI is InChI=1S/C27H30FN5O4/c1-32-8-10-33(11-9-32)24-13-18(19-4-2-3-5-22(19)30-24)16-37-23-7-6-17(12-21(23)28)14-27(26(29)35)15-20(27)25(34)31-36/h2-7,12-13,20,36H,8-11,14-16H2,1H3,(H2,29,35)(H,31,34). The number of hydrogen-bond donors (Lipinski definition) is 3. The lowest BCUT2D eigenvalue weighted by Crippen LogP contribution is -2.44. The van der Waals surface area contributed by atoms with Gasteiger partial charge in [-0.1, -0.05) is 24.3 Å². The third-order valence-corrected chi connectivity index (χ3v) is 7.51. The molecule has 4 N–H and O–H groups in total. The van der Waals surface area contributed by atoms with E-state index in [0.29, 0.717) is 5.56 Å². The first-order valence-corrected chi connectivity index (χ1v) is 12.3. The zero-order chi connectivity index (χ0) is 26.2. The van der Waals surface area contributed by atoms with Crippen LogP contribution in [0.25, 0.3) is 10.9 Å². The second kappa shape index (κ2) is 9.95. The maximum absolute atomic E-state index is 15.0. The van der Waals surface area contributed by atoms with Gasteiger partial charge in [-0.05, 0) is 49.7 Å². The number of para-hydroxylation sites is 1. The average Bonchev–Trinajstić information content (AvgIpc) is 3.63. The Morgan fingerprint density at radius 1 is 1.19 bits per heavy atom. The minimum atomic E-state index is -1.13. The summed E-state index contributed by atoms with van der Waals surface area (Å²) in [5, 5.41) is 9.84. The predicted molar refractivity (Wildman–Crippen MR) is 136 cm³/mol. The SMILES string of the molecule is CN1CCN(c2cc(COc3ccc(CC4(C(N)=O)CC4C(=O)NO)cc3F)c3ccccc3n2)CC1. The molecule has 0 spiro atoms. The molecule has 9 nitrogen and oxygen atoms in total. The molecule has 2 aliphatic rings. The number of primary amides is 1. The third-order valence-electron chi connectivity index (χ3n) is 7.51. The number of carbonyl (C=O) groups excluding carboxylic acids is 2. The lowest BCUT2D eigenvalue weighted by Gasteiger charge is -2.33. The van der Waals surface area contributed by atoms with Gasteiger partial charge < -0.3 is 20.3 Å². The Balaban J connectivity index is 1.33. The fraction of sp³-hybridized carbons (Fsp3) is 0.370. The fourth-order valence-corrected chi connectivity index (χ4v) is 5.12. The highest BCUT2D eigenvalue weighted by atomic mass is 19.1. The van der Waals surface area contributed by atoms with Crippen molar-refractivity contribution in [1.29, 1.82) is 0 Å². The van der Waals surface area contributed by atoms with Gasteiger partial charge in [-0.2, -0.15) is 0 Å². The van der Waals surface area contributed by atoms with Gasteiger partial charge in [0.1, 0.15) is 12.4 Å². The Labute approximate surface area is 214 Å². The topological polar surface area (TPSA) is 121 Å². The number of fused-ring (bicyclic) bond motifs is 1. The lowest BCUT2D eigenvalue weighted by atomic mass is 9.92. The van der Waals surface area contributed by atoms with E-state index in [4.69, 9.17) is 20.7 Å². The van der Waals surface area contributed by atoms with Crippen molar-refractivity contribution in [2.75, 3.05) is 38.1 Å². The molecule has 2 aromatic carbocycles. The van der Waals surface area contributed by atoms with Crippen LogP contribution >= 0.6 is 0 Å². The molecule has 1 saturated heterocycles. The van der Waals surface area contributed by atoms with Gasteiger partial charge in [0.15, 0.2) is 11.6 Å². The molecule has 2 fully saturated rings. The number of pyridine rings is 1. The highest BCUT2D eigenvalue weighted by Crippen LogP contribution is 2.54. The van der Waals surface area contributed by atoms with Crippen LogP contribution < -0.4 is 20.9 Å². The molecule has 1 aromatic heterocycles. The first-order chi connectivity index (χ1) is 17.8. The lowest BCUT2D eigenvalue weighted by molar-refractivity contribution is -0.134. The van der Waals surface area contributed by atoms with E-state index in [1.807, 2.05) is 30.3 Å². The number of aromatic nitrogens is 1. The van der Waals surface area contributed by atoms with Gasteiger partial charge in [0.2, 0.25) is 11.8 Å². The Morgan fingerprint density at radius 2 is 1.95 bits per heavy atom. The van der Waals surface area contributed by atoms with Crippen molar-refractivity contribution in [3.05, 3.63) is 65.5 Å². The van der Waals surface area contributed by atoms with E-state index in [9.17, 15) is 9.59 Å². The number of piperazine rings is 1. The first-order valence-electron chi connectivity index (χ1n) is 12.3. The van der Waals surface area contributed by atoms with E-state index in [1.165, 1.54) is 12.1 Å². The second-order valence-corrected chi connectivity index (χ2v) is 9.93. The molecule has 3 aromatic rings. The van der Waals surface area contributed by atoms with E-state index in [1.54, 1.807) is 11.5 Å². The molecule has 0 radical (unpaired) electrons. The van der Waals surface area contributed by atoms with Gasteiger partial charge >= 0.3 is 0 Å². The van der Waals surface area contributed by atoms with Crippen LogP contribution in [0.1, 0.15) is 17.5 Å². The van der Waals surface area contributed by atoms with E-state index >= 15 is 4.39 Å². The van der Waals surface area contributed by atoms with E-state index in [2.05, 4.69) is 16.8 Å². The summed E-state index contributed by atoms with van der Waals surface area (Å²) in [6, 6.07) is 14.3. The van der Waals surface area contributed by atoms with Gasteiger partial charge in [-0.25, -0.2) is 14.9 Å². The summed E-state index contributed by atoms with van der Waals surface area (Å²) in [5.74, 6) is -1.66. The predicted octanol–water partition coefficient (Wildman–Crippen LogP) is 2.24. The zero-order valence-electron chi connectivity index (χ0n) is 20.6. The van der Waals surface area contributed by atoms with Crippen molar-refractivity contribution in [2.24, 2.45) is 17.1 Å². The molecule has 37 heavy (non-hydrogen) atoms. The maximum Gasteiger partial charge on any atom is 0.247 e. The number of amides is 2. The number of halogens is 1. The molecule has 1 aliphatic carbocycles. The van der Waals surface area contributed by atoms with Crippen LogP contribution in [0.2, 0.25) is 0 Å². The van der Waals surface area contributed by atoms with Crippen molar-refractivity contribution >= 4 is 28.5 Å². The largest absolute Gasteiger partial charge is 0.486 e. The van der Waals surface area contributed by atoms with Crippen molar-refractivity contribution < 1.29 is 23.9 Å². The number of anilines is 1. The summed E-state index contributed by atoms with van der Waals surface area (Å²) in [6.07, 6.45) is 0.306. The van der Waals surface area contributed by atoms with Crippen LogP contribution in [0.15, 0.2) is 48.5 Å². The molecule has 2 atom stereocenters. The molecule has 2 unspecified atom stereocenters. The van der Waals surface area contributed by atoms with Crippen LogP contribution in [0, 0.1) is 17.2 Å². The van der Waals surface area contributed by atoms with Gasteiger partial charge in [0.25, 0.3) is 0 Å². The number of ether oxygens (including phenoxy) is 1. The van der Waals surface area contributed by atoms with Crippen molar-refractivity contribution in [1.82, 2.24) is 15.4 Å². The summed E-state index contributed by atoms with van der Waals surface area (Å²) >= 11 is 0. The van der Waals surface area contributed by atoms with Gasteiger partial charge in [-0.3, -0.25) is 14.8 Å². The van der Waals surface area contributed by atoms with E-state index < -0.39 is 29.0 Å². The molecule has 10 heteroatoms. The average molecular weight is 508 g/mol. The maximum atomic E-state index is 15.0. The Kier molecular flexibility index (Phi) is 6.70. The Hall–Kier alpha value is -3.76. The summed E-state index contributed by atoms with van der Waals surface area (Å²) < 4.78 is 20.9. The minimum absolute atomic E-state index is 0.0827. The number of hydrogen-bond acceptors (Lipinski definition) is 7. The second-order valence-electron chi connectivity index (χ2n) is 9.93. The minimum Gasteiger partial charge on any atom is -0.486 e. The highest BCUT2D eigenvalue weighted by molar-refractivity contribution is 5.95. The molecule has 194 valence electrons. The molecule has 2 amide bonds. The van der Waals surface area contributed by atoms with Gasteiger partial charge in [0, 0.05) is 37.1 Å². The number of rotatable bonds is 8. The monoisotopic (exact) mass is 507 g/mol. The summed E-state index contributed by atoms with van der Waals surface area (Å²) in [7, 11) is 2.10. The summed E-state index contributed by atoms with van der Waals surface area (Å²) in [4.78, 5) is 33.2. The third kappa shape index (κ3) is 4.94.